The van der Waals surface area contributed by atoms with Crippen LogP contribution in [0.4, 0.5) is 5.69 Å². The van der Waals surface area contributed by atoms with E-state index in [1.54, 1.807) is 19.2 Å². The van der Waals surface area contributed by atoms with Crippen LogP contribution in [0, 0.1) is 5.92 Å². The smallest absolute Gasteiger partial charge is 0.181 e. The molecule has 2 saturated heterocycles. The van der Waals surface area contributed by atoms with E-state index < -0.39 is 11.5 Å². The van der Waals surface area contributed by atoms with E-state index in [1.807, 2.05) is 36.4 Å². The number of methoxy groups -OCH3 is 1. The molecule has 11 heteroatoms. The number of rotatable bonds is 5. The lowest BCUT2D eigenvalue weighted by atomic mass is 9.70. The molecule has 0 saturated carbocycles. The second-order valence-electron chi connectivity index (χ2n) is 10.7. The van der Waals surface area contributed by atoms with Crippen LogP contribution in [-0.4, -0.2) is 84.3 Å². The summed E-state index contributed by atoms with van der Waals surface area (Å²) < 4.78 is 17.9. The zero-order chi connectivity index (χ0) is 28.0. The number of hydrogen-bond donors (Lipinski definition) is 2. The third kappa shape index (κ3) is 4.32. The standard InChI is InChI=1S/C30H30N6O5/c1-39-24-4-2-3-20-21(24)16-19(17-23(20)36-11-13-40-14-12-36)27(37)26-28(38)22-15-18(29-32-34-35-33-29)5-6-25(22)41-30(26)7-9-31-10-8-30/h2-6,15-17,26,31H,7-14H2,1H3,(H,32,33,34,35)/t26-/m1/s1. The van der Waals surface area contributed by atoms with Gasteiger partial charge in [-0.1, -0.05) is 12.1 Å². The molecule has 0 amide bonds. The Hall–Kier alpha value is -4.35. The first-order chi connectivity index (χ1) is 20.1. The number of anilines is 1. The van der Waals surface area contributed by atoms with Gasteiger partial charge in [0.2, 0.25) is 0 Å². The van der Waals surface area contributed by atoms with E-state index in [1.165, 1.54) is 0 Å². The lowest BCUT2D eigenvalue weighted by Gasteiger charge is -2.45. The summed E-state index contributed by atoms with van der Waals surface area (Å²) in [5, 5.41) is 19.2. The molecule has 0 bridgehead atoms. The highest BCUT2D eigenvalue weighted by Gasteiger charge is 2.54. The number of Topliss-reactive ketones (excluding diaryl/α,β-unsaturated/α-hetero) is 2. The van der Waals surface area contributed by atoms with Crippen molar-refractivity contribution in [3.05, 3.63) is 59.7 Å². The third-order valence-electron chi connectivity index (χ3n) is 8.47. The van der Waals surface area contributed by atoms with Crippen molar-refractivity contribution in [1.82, 2.24) is 25.9 Å². The fourth-order valence-electron chi connectivity index (χ4n) is 6.40. The summed E-state index contributed by atoms with van der Waals surface area (Å²) in [6, 6.07) is 14.9. The molecule has 41 heavy (non-hydrogen) atoms. The number of aromatic amines is 1. The second-order valence-corrected chi connectivity index (χ2v) is 10.7. The van der Waals surface area contributed by atoms with E-state index in [0.717, 1.165) is 16.5 Å². The van der Waals surface area contributed by atoms with E-state index in [4.69, 9.17) is 14.2 Å². The fourth-order valence-corrected chi connectivity index (χ4v) is 6.40. The summed E-state index contributed by atoms with van der Waals surface area (Å²) in [6.07, 6.45) is 1.07. The first-order valence-corrected chi connectivity index (χ1v) is 13.9. The monoisotopic (exact) mass is 554 g/mol. The van der Waals surface area contributed by atoms with Gasteiger partial charge in [0.25, 0.3) is 0 Å². The Balaban J connectivity index is 1.37. The van der Waals surface area contributed by atoms with Crippen molar-refractivity contribution in [2.45, 2.75) is 18.4 Å². The molecule has 0 aliphatic carbocycles. The van der Waals surface area contributed by atoms with Crippen molar-refractivity contribution in [2.75, 3.05) is 51.4 Å². The van der Waals surface area contributed by atoms with Crippen molar-refractivity contribution >= 4 is 28.0 Å². The van der Waals surface area contributed by atoms with Crippen molar-refractivity contribution < 1.29 is 23.8 Å². The van der Waals surface area contributed by atoms with Crippen molar-refractivity contribution in [1.29, 1.82) is 0 Å². The molecule has 4 heterocycles. The van der Waals surface area contributed by atoms with Gasteiger partial charge in [0, 0.05) is 53.5 Å². The van der Waals surface area contributed by atoms with Crippen LogP contribution in [0.2, 0.25) is 0 Å². The topological polar surface area (TPSA) is 132 Å². The Labute approximate surface area is 236 Å². The van der Waals surface area contributed by atoms with Crippen LogP contribution in [0.25, 0.3) is 22.2 Å². The van der Waals surface area contributed by atoms with Crippen molar-refractivity contribution in [2.24, 2.45) is 5.92 Å². The minimum atomic E-state index is -1.01. The van der Waals surface area contributed by atoms with Gasteiger partial charge in [-0.15, -0.1) is 5.10 Å². The number of aromatic nitrogens is 4. The number of tetrazole rings is 1. The highest BCUT2D eigenvalue weighted by Crippen LogP contribution is 2.45. The number of ketones is 2. The Morgan fingerprint density at radius 2 is 1.90 bits per heavy atom. The molecule has 3 aliphatic rings. The predicted octanol–water partition coefficient (Wildman–Crippen LogP) is 3.06. The minimum Gasteiger partial charge on any atom is -0.496 e. The van der Waals surface area contributed by atoms with Crippen molar-refractivity contribution in [3.8, 4) is 22.9 Å². The van der Waals surface area contributed by atoms with Crippen LogP contribution < -0.4 is 19.7 Å². The molecule has 0 unspecified atom stereocenters. The van der Waals surface area contributed by atoms with Crippen LogP contribution >= 0.6 is 0 Å². The molecule has 7 rings (SSSR count). The molecule has 210 valence electrons. The van der Waals surface area contributed by atoms with Gasteiger partial charge in [0.15, 0.2) is 17.4 Å². The first kappa shape index (κ1) is 25.6. The summed E-state index contributed by atoms with van der Waals surface area (Å²) in [5.41, 5.74) is 1.44. The number of hydrogen-bond acceptors (Lipinski definition) is 10. The van der Waals surface area contributed by atoms with Crippen LogP contribution in [0.5, 0.6) is 11.5 Å². The first-order valence-electron chi connectivity index (χ1n) is 13.9. The molecule has 3 aromatic carbocycles. The number of ether oxygens (including phenoxy) is 3. The minimum absolute atomic E-state index is 0.250. The molecule has 1 aromatic heterocycles. The van der Waals surface area contributed by atoms with Gasteiger partial charge in [0.05, 0.1) is 25.9 Å². The Morgan fingerprint density at radius 3 is 2.66 bits per heavy atom. The molecule has 1 atom stereocenters. The average molecular weight is 555 g/mol. The Morgan fingerprint density at radius 1 is 1.07 bits per heavy atom. The molecule has 3 aliphatic heterocycles. The number of nitrogens with zero attached hydrogens (tertiary/aromatic N) is 4. The summed E-state index contributed by atoms with van der Waals surface area (Å²) in [4.78, 5) is 31.2. The van der Waals surface area contributed by atoms with E-state index >= 15 is 0 Å². The number of carbonyl (C=O) groups excluding carboxylic acids is 2. The van der Waals surface area contributed by atoms with Crippen LogP contribution in [0.3, 0.4) is 0 Å². The molecule has 0 radical (unpaired) electrons. The molecule has 1 spiro atoms. The molecular formula is C30H30N6O5. The zero-order valence-corrected chi connectivity index (χ0v) is 22.7. The summed E-state index contributed by atoms with van der Waals surface area (Å²) in [6.45, 7) is 3.93. The van der Waals surface area contributed by atoms with E-state index in [0.29, 0.717) is 86.2 Å². The maximum atomic E-state index is 14.6. The van der Waals surface area contributed by atoms with E-state index in [-0.39, 0.29) is 11.6 Å². The van der Waals surface area contributed by atoms with Crippen LogP contribution in [0.15, 0.2) is 48.5 Å². The number of piperidine rings is 1. The average Bonchev–Trinajstić information content (AvgIpc) is 3.56. The second kappa shape index (κ2) is 10.2. The van der Waals surface area contributed by atoms with Gasteiger partial charge in [0.1, 0.15) is 23.0 Å². The Bertz CT molecular complexity index is 1630. The predicted molar refractivity (Wildman–Crippen MR) is 151 cm³/mol. The van der Waals surface area contributed by atoms with Gasteiger partial charge in [-0.3, -0.25) is 9.59 Å². The number of carbonyl (C=O) groups is 2. The quantitative estimate of drug-likeness (QED) is 0.280. The number of H-pyrrole nitrogens is 1. The molecule has 2 fully saturated rings. The molecule has 11 nitrogen and oxygen atoms in total. The Kier molecular flexibility index (Phi) is 6.40. The van der Waals surface area contributed by atoms with Crippen LogP contribution in [0.1, 0.15) is 33.6 Å². The van der Waals surface area contributed by atoms with Gasteiger partial charge in [-0.05, 0) is 59.9 Å². The summed E-state index contributed by atoms with van der Waals surface area (Å²) in [7, 11) is 1.62. The number of morpholine rings is 1. The number of fused-ring (bicyclic) bond motifs is 2. The largest absolute Gasteiger partial charge is 0.496 e. The van der Waals surface area contributed by atoms with Gasteiger partial charge >= 0.3 is 0 Å². The van der Waals surface area contributed by atoms with Gasteiger partial charge in [-0.25, -0.2) is 5.10 Å². The number of benzene rings is 3. The molecule has 2 N–H and O–H groups in total. The lowest BCUT2D eigenvalue weighted by molar-refractivity contribution is -0.0138. The maximum Gasteiger partial charge on any atom is 0.181 e. The highest BCUT2D eigenvalue weighted by atomic mass is 16.5. The van der Waals surface area contributed by atoms with E-state index in [9.17, 15) is 9.59 Å². The van der Waals surface area contributed by atoms with Crippen molar-refractivity contribution in [3.63, 3.8) is 0 Å². The SMILES string of the molecule is COc1cccc2c(N3CCOCC3)cc(C(=O)[C@@H]3C(=O)c4cc(-c5nnn[nH]5)ccc4OC34CCNCC4)cc12. The summed E-state index contributed by atoms with van der Waals surface area (Å²) in [5.74, 6) is 0.0703. The number of nitrogens with one attached hydrogen (secondary N) is 2. The highest BCUT2D eigenvalue weighted by molar-refractivity contribution is 6.20. The fraction of sp³-hybridized carbons (Fsp3) is 0.367. The van der Waals surface area contributed by atoms with Gasteiger partial charge in [-0.2, -0.15) is 0 Å². The third-order valence-corrected chi connectivity index (χ3v) is 8.47. The zero-order valence-electron chi connectivity index (χ0n) is 22.7. The van der Waals surface area contributed by atoms with E-state index in [2.05, 4.69) is 30.8 Å². The normalized spacial score (nSPS) is 20.1. The lowest BCUT2D eigenvalue weighted by Crippen LogP contribution is -2.58. The molecular weight excluding hydrogens is 524 g/mol. The maximum absolute atomic E-state index is 14.6. The van der Waals surface area contributed by atoms with Crippen LogP contribution in [-0.2, 0) is 4.74 Å². The van der Waals surface area contributed by atoms with Gasteiger partial charge < -0.3 is 24.4 Å². The molecule has 4 aromatic rings. The summed E-state index contributed by atoms with van der Waals surface area (Å²) >= 11 is 0.